The van der Waals surface area contributed by atoms with Gasteiger partial charge in [-0.1, -0.05) is 46.6 Å². The van der Waals surface area contributed by atoms with Crippen molar-refractivity contribution in [2.75, 3.05) is 13.7 Å². The summed E-state index contributed by atoms with van der Waals surface area (Å²) in [5, 5.41) is 12.9. The lowest BCUT2D eigenvalue weighted by atomic mass is 9.76. The normalized spacial score (nSPS) is 18.6. The van der Waals surface area contributed by atoms with Gasteiger partial charge in [0.2, 0.25) is 0 Å². The summed E-state index contributed by atoms with van der Waals surface area (Å²) in [6, 6.07) is 12.9. The first-order valence-corrected chi connectivity index (χ1v) is 10.6. The Balaban J connectivity index is 1.74. The van der Waals surface area contributed by atoms with Crippen LogP contribution in [0.3, 0.4) is 0 Å². The SMILES string of the molecule is CCOCn1nncc1-c1ccc2c(c1)[C@@H](NC)CCC2c1ccc(Cl)c(Cl)c1. The summed E-state index contributed by atoms with van der Waals surface area (Å²) in [6.45, 7) is 3.00. The number of nitrogens with one attached hydrogen (secondary N) is 1. The van der Waals surface area contributed by atoms with E-state index in [9.17, 15) is 0 Å². The van der Waals surface area contributed by atoms with Crippen LogP contribution in [0, 0.1) is 0 Å². The van der Waals surface area contributed by atoms with E-state index >= 15 is 0 Å². The molecule has 1 aliphatic carbocycles. The van der Waals surface area contributed by atoms with E-state index in [-0.39, 0.29) is 0 Å². The third kappa shape index (κ3) is 4.05. The smallest absolute Gasteiger partial charge is 0.141 e. The molecule has 2 aromatic carbocycles. The molecule has 152 valence electrons. The highest BCUT2D eigenvalue weighted by atomic mass is 35.5. The van der Waals surface area contributed by atoms with Crippen LogP contribution in [0.1, 0.15) is 48.4 Å². The first-order chi connectivity index (χ1) is 14.1. The lowest BCUT2D eigenvalue weighted by molar-refractivity contribution is 0.0790. The highest BCUT2D eigenvalue weighted by molar-refractivity contribution is 6.42. The summed E-state index contributed by atoms with van der Waals surface area (Å²) in [5.41, 5.74) is 5.86. The van der Waals surface area contributed by atoms with Crippen LogP contribution in [0.5, 0.6) is 0 Å². The molecule has 3 aromatic rings. The van der Waals surface area contributed by atoms with E-state index < -0.39 is 0 Å². The fourth-order valence-electron chi connectivity index (χ4n) is 4.13. The summed E-state index contributed by atoms with van der Waals surface area (Å²) in [6.07, 6.45) is 3.89. The van der Waals surface area contributed by atoms with Crippen molar-refractivity contribution in [1.29, 1.82) is 0 Å². The molecule has 0 amide bonds. The third-order valence-corrected chi connectivity index (χ3v) is 6.35. The Morgan fingerprint density at radius 1 is 1.10 bits per heavy atom. The minimum atomic E-state index is 0.296. The number of halogens is 2. The van der Waals surface area contributed by atoms with Crippen molar-refractivity contribution in [3.05, 3.63) is 69.3 Å². The second kappa shape index (κ2) is 8.84. The molecule has 0 spiro atoms. The van der Waals surface area contributed by atoms with Crippen molar-refractivity contribution >= 4 is 23.2 Å². The molecule has 0 saturated carbocycles. The number of nitrogens with zero attached hydrogens (tertiary/aromatic N) is 3. The fraction of sp³-hybridized carbons (Fsp3) is 0.364. The minimum absolute atomic E-state index is 0.296. The van der Waals surface area contributed by atoms with E-state index in [1.165, 1.54) is 16.7 Å². The number of hydrogen-bond acceptors (Lipinski definition) is 4. The second-order valence-electron chi connectivity index (χ2n) is 7.23. The van der Waals surface area contributed by atoms with Gasteiger partial charge in [-0.15, -0.1) is 5.10 Å². The molecule has 5 nitrogen and oxygen atoms in total. The number of hydrogen-bond donors (Lipinski definition) is 1. The topological polar surface area (TPSA) is 52.0 Å². The molecule has 1 aliphatic rings. The molecule has 0 aliphatic heterocycles. The Labute approximate surface area is 181 Å². The molecular formula is C22H24Cl2N4O. The average molecular weight is 431 g/mol. The number of benzene rings is 2. The van der Waals surface area contributed by atoms with Crippen LogP contribution in [-0.4, -0.2) is 28.6 Å². The lowest BCUT2D eigenvalue weighted by Gasteiger charge is -2.32. The third-order valence-electron chi connectivity index (χ3n) is 5.61. The van der Waals surface area contributed by atoms with Gasteiger partial charge in [0, 0.05) is 24.1 Å². The number of aromatic nitrogens is 3. The molecule has 4 rings (SSSR count). The molecule has 2 atom stereocenters. The van der Waals surface area contributed by atoms with Gasteiger partial charge in [0.1, 0.15) is 6.73 Å². The van der Waals surface area contributed by atoms with E-state index in [0.29, 0.717) is 35.3 Å². The molecule has 0 fully saturated rings. The van der Waals surface area contributed by atoms with Gasteiger partial charge in [0.25, 0.3) is 0 Å². The van der Waals surface area contributed by atoms with Crippen LogP contribution >= 0.6 is 23.2 Å². The van der Waals surface area contributed by atoms with Gasteiger partial charge in [-0.25, -0.2) is 4.68 Å². The van der Waals surface area contributed by atoms with E-state index in [1.807, 2.05) is 26.1 Å². The van der Waals surface area contributed by atoms with E-state index in [1.54, 1.807) is 10.9 Å². The van der Waals surface area contributed by atoms with E-state index in [2.05, 4.69) is 39.9 Å². The molecule has 7 heteroatoms. The summed E-state index contributed by atoms with van der Waals surface area (Å²) >= 11 is 12.4. The highest BCUT2D eigenvalue weighted by Crippen LogP contribution is 2.43. The van der Waals surface area contributed by atoms with Crippen molar-refractivity contribution in [1.82, 2.24) is 20.3 Å². The van der Waals surface area contributed by atoms with Gasteiger partial charge >= 0.3 is 0 Å². The first kappa shape index (κ1) is 20.4. The Hall–Kier alpha value is -1.92. The van der Waals surface area contributed by atoms with E-state index in [0.717, 1.165) is 24.1 Å². The Morgan fingerprint density at radius 2 is 1.97 bits per heavy atom. The Bertz CT molecular complexity index is 1000. The maximum atomic E-state index is 6.30. The minimum Gasteiger partial charge on any atom is -0.359 e. The van der Waals surface area contributed by atoms with Crippen molar-refractivity contribution in [2.24, 2.45) is 0 Å². The van der Waals surface area contributed by atoms with Crippen LogP contribution in [0.4, 0.5) is 0 Å². The average Bonchev–Trinajstić information content (AvgIpc) is 3.21. The van der Waals surface area contributed by atoms with Crippen molar-refractivity contribution in [2.45, 2.75) is 38.5 Å². The number of fused-ring (bicyclic) bond motifs is 1. The zero-order chi connectivity index (χ0) is 20.4. The first-order valence-electron chi connectivity index (χ1n) is 9.85. The van der Waals surface area contributed by atoms with Crippen LogP contribution < -0.4 is 5.32 Å². The Morgan fingerprint density at radius 3 is 2.72 bits per heavy atom. The predicted molar refractivity (Wildman–Crippen MR) is 116 cm³/mol. The number of ether oxygens (including phenoxy) is 1. The summed E-state index contributed by atoms with van der Waals surface area (Å²) in [7, 11) is 2.02. The van der Waals surface area contributed by atoms with E-state index in [4.69, 9.17) is 27.9 Å². The summed E-state index contributed by atoms with van der Waals surface area (Å²) in [4.78, 5) is 0. The zero-order valence-corrected chi connectivity index (χ0v) is 18.0. The monoisotopic (exact) mass is 430 g/mol. The second-order valence-corrected chi connectivity index (χ2v) is 8.04. The molecular weight excluding hydrogens is 407 g/mol. The van der Waals surface area contributed by atoms with Crippen LogP contribution in [-0.2, 0) is 11.5 Å². The predicted octanol–water partition coefficient (Wildman–Crippen LogP) is 5.43. The molecule has 0 saturated heterocycles. The van der Waals surface area contributed by atoms with Gasteiger partial charge < -0.3 is 10.1 Å². The quantitative estimate of drug-likeness (QED) is 0.565. The molecule has 1 aromatic heterocycles. The van der Waals surface area contributed by atoms with Crippen molar-refractivity contribution in [3.63, 3.8) is 0 Å². The van der Waals surface area contributed by atoms with Gasteiger partial charge in [-0.2, -0.15) is 0 Å². The molecule has 0 bridgehead atoms. The lowest BCUT2D eigenvalue weighted by Crippen LogP contribution is -2.24. The van der Waals surface area contributed by atoms with Gasteiger partial charge in [-0.3, -0.25) is 0 Å². The van der Waals surface area contributed by atoms with Crippen LogP contribution in [0.15, 0.2) is 42.6 Å². The van der Waals surface area contributed by atoms with Crippen LogP contribution in [0.25, 0.3) is 11.3 Å². The molecule has 1 N–H and O–H groups in total. The summed E-state index contributed by atoms with van der Waals surface area (Å²) in [5.74, 6) is 0.296. The van der Waals surface area contributed by atoms with Crippen LogP contribution in [0.2, 0.25) is 10.0 Å². The molecule has 1 heterocycles. The summed E-state index contributed by atoms with van der Waals surface area (Å²) < 4.78 is 7.31. The van der Waals surface area contributed by atoms with Crippen molar-refractivity contribution < 1.29 is 4.74 Å². The zero-order valence-electron chi connectivity index (χ0n) is 16.5. The molecule has 1 unspecified atom stereocenters. The number of rotatable bonds is 6. The van der Waals surface area contributed by atoms with Crippen molar-refractivity contribution in [3.8, 4) is 11.3 Å². The fourth-order valence-corrected chi connectivity index (χ4v) is 4.43. The molecule has 0 radical (unpaired) electrons. The standard InChI is InChI=1S/C22H24Cl2N4O/c1-3-29-13-28-22(12-26-27-28)15-4-6-17-16(7-9-21(25-2)18(17)10-15)14-5-8-19(23)20(24)11-14/h4-6,8,10-12,16,21,25H,3,7,9,13H2,1-2H3/t16?,21-/m0/s1. The largest absolute Gasteiger partial charge is 0.359 e. The highest BCUT2D eigenvalue weighted by Gasteiger charge is 2.28. The molecule has 29 heavy (non-hydrogen) atoms. The maximum absolute atomic E-state index is 6.30. The maximum Gasteiger partial charge on any atom is 0.141 e. The van der Waals surface area contributed by atoms with Gasteiger partial charge in [0.15, 0.2) is 0 Å². The Kier molecular flexibility index (Phi) is 6.20. The van der Waals surface area contributed by atoms with Gasteiger partial charge in [0.05, 0.1) is 21.9 Å². The van der Waals surface area contributed by atoms with Gasteiger partial charge in [-0.05, 0) is 61.7 Å².